The van der Waals surface area contributed by atoms with Gasteiger partial charge >= 0.3 is 0 Å². The Bertz CT molecular complexity index is 599. The topological polar surface area (TPSA) is 62.3 Å². The Morgan fingerprint density at radius 2 is 2.14 bits per heavy atom. The number of nitrogens with two attached hydrogens (primary N) is 1. The van der Waals surface area contributed by atoms with Crippen LogP contribution < -0.4 is 15.2 Å². The monoisotopic (exact) mass is 309 g/mol. The van der Waals surface area contributed by atoms with Crippen molar-refractivity contribution < 1.29 is 9.47 Å². The van der Waals surface area contributed by atoms with Crippen molar-refractivity contribution in [2.45, 2.75) is 12.8 Å². The molecule has 0 saturated heterocycles. The Balaban J connectivity index is 2.12. The molecule has 0 radical (unpaired) electrons. The van der Waals surface area contributed by atoms with E-state index in [1.54, 1.807) is 19.4 Å². The first kappa shape index (κ1) is 15.7. The molecule has 2 N–H and O–H groups in total. The van der Waals surface area contributed by atoms with Crippen molar-refractivity contribution in [3.63, 3.8) is 0 Å². The van der Waals surface area contributed by atoms with Crippen molar-refractivity contribution in [2.24, 2.45) is 12.8 Å². The molecule has 1 heterocycles. The van der Waals surface area contributed by atoms with E-state index in [1.165, 1.54) is 0 Å². The molecule has 2 aromatic rings. The number of aromatic nitrogens is 2. The van der Waals surface area contributed by atoms with Crippen LogP contribution in [0.2, 0.25) is 5.02 Å². The molecule has 6 heteroatoms. The van der Waals surface area contributed by atoms with Gasteiger partial charge in [-0.15, -0.1) is 0 Å². The lowest BCUT2D eigenvalue weighted by atomic mass is 10.1. The summed E-state index contributed by atoms with van der Waals surface area (Å²) in [5.74, 6) is 1.35. The minimum Gasteiger partial charge on any atom is -0.493 e. The quantitative estimate of drug-likeness (QED) is 0.852. The maximum absolute atomic E-state index is 6.08. The summed E-state index contributed by atoms with van der Waals surface area (Å²) in [5, 5.41) is 4.76. The molecule has 1 aromatic heterocycles. The van der Waals surface area contributed by atoms with Crippen LogP contribution in [0.4, 0.5) is 0 Å². The number of halogens is 1. The summed E-state index contributed by atoms with van der Waals surface area (Å²) in [7, 11) is 3.52. The Kier molecular flexibility index (Phi) is 5.47. The Morgan fingerprint density at radius 3 is 2.76 bits per heavy atom. The van der Waals surface area contributed by atoms with E-state index in [2.05, 4.69) is 5.10 Å². The van der Waals surface area contributed by atoms with Gasteiger partial charge in [0.25, 0.3) is 0 Å². The number of hydrogen-bond acceptors (Lipinski definition) is 4. The summed E-state index contributed by atoms with van der Waals surface area (Å²) in [4.78, 5) is 0. The summed E-state index contributed by atoms with van der Waals surface area (Å²) in [6.45, 7) is 1.07. The van der Waals surface area contributed by atoms with E-state index in [9.17, 15) is 0 Å². The van der Waals surface area contributed by atoms with Crippen LogP contribution in [0, 0.1) is 0 Å². The van der Waals surface area contributed by atoms with E-state index in [0.717, 1.165) is 23.4 Å². The molecular formula is C15H20ClN3O2. The summed E-state index contributed by atoms with van der Waals surface area (Å²) < 4.78 is 13.1. The van der Waals surface area contributed by atoms with Crippen molar-refractivity contribution in [3.8, 4) is 11.5 Å². The molecule has 2 rings (SSSR count). The fraction of sp³-hybridized carbons (Fsp3) is 0.400. The first-order valence-corrected chi connectivity index (χ1v) is 7.19. The third-order valence-corrected chi connectivity index (χ3v) is 3.48. The summed E-state index contributed by atoms with van der Waals surface area (Å²) in [5.41, 5.74) is 7.72. The fourth-order valence-electron chi connectivity index (χ4n) is 2.18. The molecule has 21 heavy (non-hydrogen) atoms. The van der Waals surface area contributed by atoms with E-state index >= 15 is 0 Å². The number of benzene rings is 1. The second-order valence-electron chi connectivity index (χ2n) is 4.68. The molecule has 0 unspecified atom stereocenters. The molecule has 0 fully saturated rings. The van der Waals surface area contributed by atoms with Gasteiger partial charge in [0.05, 0.1) is 13.7 Å². The SMILES string of the molecule is COc1cc(Cl)cc(CCN)c1OCCc1ccnn1C. The molecule has 1 aromatic carbocycles. The zero-order valence-corrected chi connectivity index (χ0v) is 13.1. The van der Waals surface area contributed by atoms with Gasteiger partial charge in [-0.25, -0.2) is 0 Å². The van der Waals surface area contributed by atoms with Gasteiger partial charge in [0, 0.05) is 42.0 Å². The predicted molar refractivity (Wildman–Crippen MR) is 83.2 cm³/mol. The molecule has 0 atom stereocenters. The van der Waals surface area contributed by atoms with Gasteiger partial charge in [0.2, 0.25) is 0 Å². The van der Waals surface area contributed by atoms with Gasteiger partial charge in [-0.05, 0) is 25.1 Å². The lowest BCUT2D eigenvalue weighted by molar-refractivity contribution is 0.292. The molecule has 0 spiro atoms. The Morgan fingerprint density at radius 1 is 1.33 bits per heavy atom. The number of nitrogens with zero attached hydrogens (tertiary/aromatic N) is 2. The minimum atomic E-state index is 0.529. The molecule has 0 aliphatic heterocycles. The highest BCUT2D eigenvalue weighted by Gasteiger charge is 2.13. The number of methoxy groups -OCH3 is 1. The van der Waals surface area contributed by atoms with Crippen LogP contribution in [0.5, 0.6) is 11.5 Å². The predicted octanol–water partition coefficient (Wildman–Crippen LogP) is 2.20. The molecule has 0 saturated carbocycles. The molecule has 114 valence electrons. The minimum absolute atomic E-state index is 0.529. The van der Waals surface area contributed by atoms with Gasteiger partial charge in [-0.2, -0.15) is 5.10 Å². The molecule has 0 bridgehead atoms. The van der Waals surface area contributed by atoms with Crippen LogP contribution in [-0.2, 0) is 19.9 Å². The highest BCUT2D eigenvalue weighted by Crippen LogP contribution is 2.35. The van der Waals surface area contributed by atoms with Crippen LogP contribution in [0.1, 0.15) is 11.3 Å². The smallest absolute Gasteiger partial charge is 0.164 e. The highest BCUT2D eigenvalue weighted by molar-refractivity contribution is 6.30. The summed E-state index contributed by atoms with van der Waals surface area (Å²) in [6.07, 6.45) is 3.24. The lowest BCUT2D eigenvalue weighted by Crippen LogP contribution is -2.10. The Labute approximate surface area is 129 Å². The van der Waals surface area contributed by atoms with Crippen LogP contribution in [-0.4, -0.2) is 30.0 Å². The molecule has 0 aliphatic carbocycles. The van der Waals surface area contributed by atoms with Crippen LogP contribution in [0.25, 0.3) is 0 Å². The average Bonchev–Trinajstić information content (AvgIpc) is 2.86. The van der Waals surface area contributed by atoms with E-state index in [-0.39, 0.29) is 0 Å². The van der Waals surface area contributed by atoms with Gasteiger partial charge in [0.1, 0.15) is 0 Å². The first-order valence-electron chi connectivity index (χ1n) is 6.82. The van der Waals surface area contributed by atoms with E-state index in [0.29, 0.717) is 30.3 Å². The maximum atomic E-state index is 6.08. The average molecular weight is 310 g/mol. The van der Waals surface area contributed by atoms with Crippen LogP contribution >= 0.6 is 11.6 Å². The normalized spacial score (nSPS) is 10.7. The number of ether oxygens (including phenoxy) is 2. The number of hydrogen-bond donors (Lipinski definition) is 1. The summed E-state index contributed by atoms with van der Waals surface area (Å²) in [6, 6.07) is 5.60. The van der Waals surface area contributed by atoms with Crippen molar-refractivity contribution in [2.75, 3.05) is 20.3 Å². The van der Waals surface area contributed by atoms with Gasteiger partial charge in [-0.3, -0.25) is 4.68 Å². The fourth-order valence-corrected chi connectivity index (χ4v) is 2.41. The first-order chi connectivity index (χ1) is 10.2. The second-order valence-corrected chi connectivity index (χ2v) is 5.12. The standard InChI is InChI=1S/C15H20ClN3O2/c1-19-13(4-7-18-19)5-8-21-15-11(3-6-17)9-12(16)10-14(15)20-2/h4,7,9-10H,3,5-6,8,17H2,1-2H3. The van der Waals surface area contributed by atoms with Crippen LogP contribution in [0.15, 0.2) is 24.4 Å². The van der Waals surface area contributed by atoms with E-state index < -0.39 is 0 Å². The maximum Gasteiger partial charge on any atom is 0.164 e. The number of aryl methyl sites for hydroxylation is 1. The molecular weight excluding hydrogens is 290 g/mol. The van der Waals surface area contributed by atoms with Gasteiger partial charge in [0.15, 0.2) is 11.5 Å². The van der Waals surface area contributed by atoms with Crippen molar-refractivity contribution in [1.82, 2.24) is 9.78 Å². The molecule has 0 aliphatic rings. The third kappa shape index (κ3) is 3.89. The van der Waals surface area contributed by atoms with E-state index in [4.69, 9.17) is 26.8 Å². The largest absolute Gasteiger partial charge is 0.493 e. The zero-order valence-electron chi connectivity index (χ0n) is 12.3. The van der Waals surface area contributed by atoms with Gasteiger partial charge < -0.3 is 15.2 Å². The Hall–Kier alpha value is -1.72. The third-order valence-electron chi connectivity index (χ3n) is 3.26. The van der Waals surface area contributed by atoms with Crippen LogP contribution in [0.3, 0.4) is 0 Å². The molecule has 0 amide bonds. The van der Waals surface area contributed by atoms with Crippen molar-refractivity contribution >= 4 is 11.6 Å². The van der Waals surface area contributed by atoms with Crippen molar-refractivity contribution in [1.29, 1.82) is 0 Å². The molecule has 5 nitrogen and oxygen atoms in total. The van der Waals surface area contributed by atoms with Crippen molar-refractivity contribution in [3.05, 3.63) is 40.7 Å². The lowest BCUT2D eigenvalue weighted by Gasteiger charge is -2.15. The highest BCUT2D eigenvalue weighted by atomic mass is 35.5. The van der Waals surface area contributed by atoms with Gasteiger partial charge in [-0.1, -0.05) is 11.6 Å². The van der Waals surface area contributed by atoms with E-state index in [1.807, 2.05) is 23.9 Å². The number of rotatable bonds is 7. The second kappa shape index (κ2) is 7.33. The summed E-state index contributed by atoms with van der Waals surface area (Å²) >= 11 is 6.08. The zero-order chi connectivity index (χ0) is 15.2.